The molecule has 0 bridgehead atoms. The number of rotatable bonds is 4. The first kappa shape index (κ1) is 14.8. The number of carbonyl (C=O) groups is 1. The van der Waals surface area contributed by atoms with Crippen LogP contribution in [0.4, 0.5) is 5.82 Å². The van der Waals surface area contributed by atoms with Gasteiger partial charge in [-0.3, -0.25) is 0 Å². The van der Waals surface area contributed by atoms with Gasteiger partial charge in [-0.2, -0.15) is 0 Å². The van der Waals surface area contributed by atoms with Crippen LogP contribution in [0, 0.1) is 12.3 Å². The fourth-order valence-electron chi connectivity index (χ4n) is 2.59. The molecule has 0 atom stereocenters. The number of anilines is 1. The fraction of sp³-hybridized carbons (Fsp3) is 0.600. The van der Waals surface area contributed by atoms with Crippen molar-refractivity contribution in [1.82, 2.24) is 9.88 Å². The standard InChI is InChI=1S/C15H23N3O2/c1-11-4-7-16-13(12(11)14(19)20)17-10-15(2)5-8-18(3)9-6-15/h4,7H,5-6,8-10H2,1-3H3,(H,16,17)(H,19,20). The summed E-state index contributed by atoms with van der Waals surface area (Å²) in [5, 5.41) is 12.5. The minimum atomic E-state index is -0.924. The van der Waals surface area contributed by atoms with Crippen molar-refractivity contribution in [3.8, 4) is 0 Å². The third-order valence-electron chi connectivity index (χ3n) is 4.25. The van der Waals surface area contributed by atoms with E-state index in [-0.39, 0.29) is 11.0 Å². The molecule has 110 valence electrons. The molecule has 2 N–H and O–H groups in total. The number of carboxylic acids is 1. The SMILES string of the molecule is Cc1ccnc(NCC2(C)CCN(C)CC2)c1C(=O)O. The van der Waals surface area contributed by atoms with Crippen LogP contribution in [0.1, 0.15) is 35.7 Å². The van der Waals surface area contributed by atoms with Crippen LogP contribution in [0.2, 0.25) is 0 Å². The van der Waals surface area contributed by atoms with E-state index in [1.807, 2.05) is 0 Å². The molecule has 1 aliphatic rings. The normalized spacial score (nSPS) is 18.8. The number of aromatic carboxylic acids is 1. The number of pyridine rings is 1. The lowest BCUT2D eigenvalue weighted by Crippen LogP contribution is -2.40. The molecule has 5 heteroatoms. The zero-order chi connectivity index (χ0) is 14.8. The monoisotopic (exact) mass is 277 g/mol. The van der Waals surface area contributed by atoms with Gasteiger partial charge in [-0.25, -0.2) is 9.78 Å². The van der Waals surface area contributed by atoms with Crippen molar-refractivity contribution in [2.45, 2.75) is 26.7 Å². The Labute approximate surface area is 120 Å². The predicted octanol–water partition coefficient (Wildman–Crippen LogP) is 2.23. The zero-order valence-corrected chi connectivity index (χ0v) is 12.4. The Bertz CT molecular complexity index is 494. The van der Waals surface area contributed by atoms with Gasteiger partial charge < -0.3 is 15.3 Å². The van der Waals surface area contributed by atoms with Crippen LogP contribution >= 0.6 is 0 Å². The lowest BCUT2D eigenvalue weighted by atomic mass is 9.80. The highest BCUT2D eigenvalue weighted by atomic mass is 16.4. The quantitative estimate of drug-likeness (QED) is 0.883. The van der Waals surface area contributed by atoms with Gasteiger partial charge in [0.1, 0.15) is 11.4 Å². The number of carboxylic acid groups (broad SMARTS) is 1. The molecule has 1 aromatic heterocycles. The van der Waals surface area contributed by atoms with Crippen molar-refractivity contribution >= 4 is 11.8 Å². The number of aryl methyl sites for hydroxylation is 1. The van der Waals surface area contributed by atoms with Crippen molar-refractivity contribution in [3.05, 3.63) is 23.4 Å². The molecule has 0 amide bonds. The van der Waals surface area contributed by atoms with Gasteiger partial charge in [0.2, 0.25) is 0 Å². The van der Waals surface area contributed by atoms with Crippen LogP contribution in [0.3, 0.4) is 0 Å². The summed E-state index contributed by atoms with van der Waals surface area (Å²) in [7, 11) is 2.14. The number of nitrogens with zero attached hydrogens (tertiary/aromatic N) is 2. The van der Waals surface area contributed by atoms with Gasteiger partial charge in [0.05, 0.1) is 0 Å². The molecular weight excluding hydrogens is 254 g/mol. The van der Waals surface area contributed by atoms with Gasteiger partial charge in [-0.15, -0.1) is 0 Å². The molecule has 0 aliphatic carbocycles. The minimum absolute atomic E-state index is 0.202. The molecule has 1 aliphatic heterocycles. The molecule has 20 heavy (non-hydrogen) atoms. The number of nitrogens with one attached hydrogen (secondary N) is 1. The van der Waals surface area contributed by atoms with Crippen LogP contribution in [0.5, 0.6) is 0 Å². The Morgan fingerprint density at radius 2 is 2.15 bits per heavy atom. The molecular formula is C15H23N3O2. The summed E-state index contributed by atoms with van der Waals surface area (Å²) in [5.41, 5.74) is 1.22. The van der Waals surface area contributed by atoms with E-state index in [0.29, 0.717) is 5.82 Å². The van der Waals surface area contributed by atoms with Gasteiger partial charge in [-0.1, -0.05) is 6.92 Å². The average Bonchev–Trinajstić information content (AvgIpc) is 2.40. The average molecular weight is 277 g/mol. The number of aromatic nitrogens is 1. The molecule has 2 rings (SSSR count). The second-order valence-electron chi connectivity index (χ2n) is 6.12. The molecule has 2 heterocycles. The summed E-state index contributed by atoms with van der Waals surface area (Å²) in [6.07, 6.45) is 3.89. The van der Waals surface area contributed by atoms with Crippen LogP contribution in [0.25, 0.3) is 0 Å². The number of hydrogen-bond acceptors (Lipinski definition) is 4. The molecule has 1 aromatic rings. The van der Waals surface area contributed by atoms with E-state index in [4.69, 9.17) is 0 Å². The molecule has 1 saturated heterocycles. The molecule has 0 unspecified atom stereocenters. The van der Waals surface area contributed by atoms with E-state index in [0.717, 1.165) is 38.0 Å². The Balaban J connectivity index is 2.08. The Morgan fingerprint density at radius 3 is 2.75 bits per heavy atom. The Kier molecular flexibility index (Phi) is 4.28. The van der Waals surface area contributed by atoms with E-state index in [1.54, 1.807) is 19.2 Å². The summed E-state index contributed by atoms with van der Waals surface area (Å²) in [6.45, 7) is 6.99. The van der Waals surface area contributed by atoms with Gasteiger partial charge in [-0.05, 0) is 56.9 Å². The largest absolute Gasteiger partial charge is 0.478 e. The van der Waals surface area contributed by atoms with E-state index >= 15 is 0 Å². The summed E-state index contributed by atoms with van der Waals surface area (Å²) in [5.74, 6) is -0.440. The molecule has 1 fully saturated rings. The third kappa shape index (κ3) is 3.28. The summed E-state index contributed by atoms with van der Waals surface area (Å²) >= 11 is 0. The maximum absolute atomic E-state index is 11.3. The Hall–Kier alpha value is -1.62. The van der Waals surface area contributed by atoms with Crippen LogP contribution in [-0.4, -0.2) is 47.6 Å². The van der Waals surface area contributed by atoms with Gasteiger partial charge in [0, 0.05) is 12.7 Å². The van der Waals surface area contributed by atoms with E-state index in [2.05, 4.69) is 29.2 Å². The van der Waals surface area contributed by atoms with E-state index < -0.39 is 5.97 Å². The lowest BCUT2D eigenvalue weighted by Gasteiger charge is -2.38. The first-order valence-corrected chi connectivity index (χ1v) is 7.03. The molecule has 0 radical (unpaired) electrons. The highest BCUT2D eigenvalue weighted by molar-refractivity contribution is 5.94. The lowest BCUT2D eigenvalue weighted by molar-refractivity contribution is 0.0696. The van der Waals surface area contributed by atoms with Crippen molar-refractivity contribution < 1.29 is 9.90 Å². The molecule has 0 aromatic carbocycles. The van der Waals surface area contributed by atoms with Crippen molar-refractivity contribution in [3.63, 3.8) is 0 Å². The van der Waals surface area contributed by atoms with Gasteiger partial charge in [0.25, 0.3) is 0 Å². The maximum atomic E-state index is 11.3. The van der Waals surface area contributed by atoms with E-state index in [9.17, 15) is 9.90 Å². The minimum Gasteiger partial charge on any atom is -0.478 e. The third-order valence-corrected chi connectivity index (χ3v) is 4.25. The van der Waals surface area contributed by atoms with Crippen LogP contribution < -0.4 is 5.32 Å². The zero-order valence-electron chi connectivity index (χ0n) is 12.4. The van der Waals surface area contributed by atoms with Crippen molar-refractivity contribution in [1.29, 1.82) is 0 Å². The molecule has 0 saturated carbocycles. The van der Waals surface area contributed by atoms with Crippen molar-refractivity contribution in [2.24, 2.45) is 5.41 Å². The van der Waals surface area contributed by atoms with E-state index in [1.165, 1.54) is 0 Å². The van der Waals surface area contributed by atoms with Crippen molar-refractivity contribution in [2.75, 3.05) is 32.0 Å². The first-order valence-electron chi connectivity index (χ1n) is 7.03. The maximum Gasteiger partial charge on any atom is 0.339 e. The molecule has 0 spiro atoms. The van der Waals surface area contributed by atoms with Gasteiger partial charge >= 0.3 is 5.97 Å². The topological polar surface area (TPSA) is 65.5 Å². The van der Waals surface area contributed by atoms with Gasteiger partial charge in [0.15, 0.2) is 0 Å². The Morgan fingerprint density at radius 1 is 1.50 bits per heavy atom. The highest BCUT2D eigenvalue weighted by Gasteiger charge is 2.29. The first-order chi connectivity index (χ1) is 9.41. The predicted molar refractivity (Wildman–Crippen MR) is 79.3 cm³/mol. The number of likely N-dealkylation sites (tertiary alicyclic amines) is 1. The highest BCUT2D eigenvalue weighted by Crippen LogP contribution is 2.31. The fourth-order valence-corrected chi connectivity index (χ4v) is 2.59. The molecule has 5 nitrogen and oxygen atoms in total. The number of piperidine rings is 1. The summed E-state index contributed by atoms with van der Waals surface area (Å²) in [4.78, 5) is 17.8. The van der Waals surface area contributed by atoms with Crippen LogP contribution in [0.15, 0.2) is 12.3 Å². The second-order valence-corrected chi connectivity index (χ2v) is 6.12. The summed E-state index contributed by atoms with van der Waals surface area (Å²) < 4.78 is 0. The van der Waals surface area contributed by atoms with Crippen LogP contribution in [-0.2, 0) is 0 Å². The smallest absolute Gasteiger partial charge is 0.339 e. The number of hydrogen-bond donors (Lipinski definition) is 2. The summed E-state index contributed by atoms with van der Waals surface area (Å²) in [6, 6.07) is 1.73. The second kappa shape index (κ2) is 5.79.